The molecule has 2 heterocycles. The van der Waals surface area contributed by atoms with Gasteiger partial charge in [0.2, 0.25) is 5.91 Å². The number of thiazole rings is 1. The van der Waals surface area contributed by atoms with Crippen molar-refractivity contribution < 1.29 is 9.53 Å². The zero-order valence-corrected chi connectivity index (χ0v) is 15.7. The number of nitrogens with zero attached hydrogens (tertiary/aromatic N) is 2. The molecule has 0 atom stereocenters. The lowest BCUT2D eigenvalue weighted by Crippen LogP contribution is -2.38. The maximum absolute atomic E-state index is 12.6. The Kier molecular flexibility index (Phi) is 5.34. The molecule has 0 aliphatic carbocycles. The number of benzene rings is 2. The molecular formula is C21H21N3O2S. The van der Waals surface area contributed by atoms with Crippen LogP contribution in [0, 0.1) is 5.92 Å². The second kappa shape index (κ2) is 8.22. The molecule has 1 aromatic heterocycles. The zero-order valence-electron chi connectivity index (χ0n) is 14.9. The lowest BCUT2D eigenvalue weighted by atomic mass is 9.96. The molecule has 0 spiro atoms. The van der Waals surface area contributed by atoms with Crippen molar-refractivity contribution in [3.05, 3.63) is 66.2 Å². The summed E-state index contributed by atoms with van der Waals surface area (Å²) in [6.07, 6.45) is 3.52. The van der Waals surface area contributed by atoms with Gasteiger partial charge in [-0.1, -0.05) is 18.2 Å². The first-order chi connectivity index (χ1) is 13.3. The topological polar surface area (TPSA) is 54.5 Å². The molecule has 138 valence electrons. The molecule has 1 aliphatic heterocycles. The van der Waals surface area contributed by atoms with E-state index in [0.717, 1.165) is 48.2 Å². The lowest BCUT2D eigenvalue weighted by Gasteiger charge is -2.31. The smallest absolute Gasteiger partial charge is 0.227 e. The van der Waals surface area contributed by atoms with E-state index in [1.54, 1.807) is 11.3 Å². The zero-order chi connectivity index (χ0) is 18.5. The molecule has 2 aromatic carbocycles. The summed E-state index contributed by atoms with van der Waals surface area (Å²) in [7, 11) is 0. The van der Waals surface area contributed by atoms with E-state index < -0.39 is 0 Å². The number of ether oxygens (including phenoxy) is 1. The predicted molar refractivity (Wildman–Crippen MR) is 109 cm³/mol. The number of carbonyl (C=O) groups is 1. The van der Waals surface area contributed by atoms with Crippen LogP contribution in [0.1, 0.15) is 12.8 Å². The van der Waals surface area contributed by atoms with Gasteiger partial charge in [0, 0.05) is 36.3 Å². The van der Waals surface area contributed by atoms with Crippen LogP contribution in [0.4, 0.5) is 10.8 Å². The molecule has 6 heteroatoms. The molecule has 1 fully saturated rings. The van der Waals surface area contributed by atoms with Gasteiger partial charge in [-0.25, -0.2) is 4.98 Å². The summed E-state index contributed by atoms with van der Waals surface area (Å²) in [6, 6.07) is 17.1. The van der Waals surface area contributed by atoms with Crippen molar-refractivity contribution in [2.75, 3.05) is 23.3 Å². The SMILES string of the molecule is O=C(Nc1ccc(Oc2ccccc2)cc1)C1CCN(c2nccs2)CC1. The Hall–Kier alpha value is -2.86. The predicted octanol–water partition coefficient (Wildman–Crippen LogP) is 4.79. The largest absolute Gasteiger partial charge is 0.457 e. The molecule has 1 saturated heterocycles. The minimum atomic E-state index is 0.0430. The monoisotopic (exact) mass is 379 g/mol. The number of hydrogen-bond acceptors (Lipinski definition) is 5. The maximum atomic E-state index is 12.6. The van der Waals surface area contributed by atoms with E-state index in [1.807, 2.05) is 66.2 Å². The highest BCUT2D eigenvalue weighted by Gasteiger charge is 2.26. The third-order valence-corrected chi connectivity index (χ3v) is 5.49. The molecule has 5 nitrogen and oxygen atoms in total. The fraction of sp³-hybridized carbons (Fsp3) is 0.238. The Morgan fingerprint density at radius 1 is 1.04 bits per heavy atom. The second-order valence-electron chi connectivity index (χ2n) is 6.50. The van der Waals surface area contributed by atoms with E-state index in [1.165, 1.54) is 0 Å². The van der Waals surface area contributed by atoms with E-state index >= 15 is 0 Å². The van der Waals surface area contributed by atoms with Crippen LogP contribution in [0.15, 0.2) is 66.2 Å². The first-order valence-electron chi connectivity index (χ1n) is 9.06. The standard InChI is InChI=1S/C21H21N3O2S/c25-20(16-10-13-24(14-11-16)21-22-12-15-27-21)23-17-6-8-19(9-7-17)26-18-4-2-1-3-5-18/h1-9,12,15-16H,10-11,13-14H2,(H,23,25). The van der Waals surface area contributed by atoms with Gasteiger partial charge >= 0.3 is 0 Å². The van der Waals surface area contributed by atoms with Crippen molar-refractivity contribution in [3.63, 3.8) is 0 Å². The van der Waals surface area contributed by atoms with Crippen LogP contribution < -0.4 is 15.0 Å². The van der Waals surface area contributed by atoms with Crippen molar-refractivity contribution in [2.45, 2.75) is 12.8 Å². The molecule has 0 unspecified atom stereocenters. The highest BCUT2D eigenvalue weighted by Crippen LogP contribution is 2.26. The Morgan fingerprint density at radius 3 is 2.41 bits per heavy atom. The molecule has 27 heavy (non-hydrogen) atoms. The van der Waals surface area contributed by atoms with Gasteiger partial charge in [0.05, 0.1) is 0 Å². The van der Waals surface area contributed by atoms with Gasteiger partial charge in [0.15, 0.2) is 5.13 Å². The third-order valence-electron chi connectivity index (χ3n) is 4.66. The molecule has 4 rings (SSSR count). The minimum Gasteiger partial charge on any atom is -0.457 e. The van der Waals surface area contributed by atoms with Gasteiger partial charge in [-0.15, -0.1) is 11.3 Å². The quantitative estimate of drug-likeness (QED) is 0.692. The third kappa shape index (κ3) is 4.46. The number of para-hydroxylation sites is 1. The summed E-state index contributed by atoms with van der Waals surface area (Å²) in [5.74, 6) is 1.67. The first-order valence-corrected chi connectivity index (χ1v) is 9.94. The fourth-order valence-electron chi connectivity index (χ4n) is 3.18. The molecule has 0 saturated carbocycles. The molecule has 3 aromatic rings. The second-order valence-corrected chi connectivity index (χ2v) is 7.38. The number of amides is 1. The summed E-state index contributed by atoms with van der Waals surface area (Å²) < 4.78 is 5.78. The van der Waals surface area contributed by atoms with Crippen LogP contribution >= 0.6 is 11.3 Å². The highest BCUT2D eigenvalue weighted by atomic mass is 32.1. The number of piperidine rings is 1. The van der Waals surface area contributed by atoms with Crippen molar-refractivity contribution in [1.29, 1.82) is 0 Å². The van der Waals surface area contributed by atoms with Gasteiger partial charge < -0.3 is 15.0 Å². The summed E-state index contributed by atoms with van der Waals surface area (Å²) in [6.45, 7) is 1.74. The maximum Gasteiger partial charge on any atom is 0.227 e. The Morgan fingerprint density at radius 2 is 1.74 bits per heavy atom. The molecule has 1 amide bonds. The summed E-state index contributed by atoms with van der Waals surface area (Å²) >= 11 is 1.65. The van der Waals surface area contributed by atoms with E-state index in [-0.39, 0.29) is 11.8 Å². The van der Waals surface area contributed by atoms with Gasteiger partial charge in [-0.3, -0.25) is 4.79 Å². The number of nitrogens with one attached hydrogen (secondary N) is 1. The van der Waals surface area contributed by atoms with Crippen LogP contribution in [0.2, 0.25) is 0 Å². The summed E-state index contributed by atoms with van der Waals surface area (Å²) in [5.41, 5.74) is 0.794. The van der Waals surface area contributed by atoms with Crippen molar-refractivity contribution in [1.82, 2.24) is 4.98 Å². The first kappa shape index (κ1) is 17.5. The Labute approximate surface area is 162 Å². The van der Waals surface area contributed by atoms with Crippen LogP contribution in [0.3, 0.4) is 0 Å². The van der Waals surface area contributed by atoms with Gasteiger partial charge in [0.25, 0.3) is 0 Å². The number of hydrogen-bond donors (Lipinski definition) is 1. The molecule has 1 N–H and O–H groups in total. The fourth-order valence-corrected chi connectivity index (χ4v) is 3.88. The Balaban J connectivity index is 1.29. The van der Waals surface area contributed by atoms with Crippen molar-refractivity contribution in [3.8, 4) is 11.5 Å². The van der Waals surface area contributed by atoms with Crippen LogP contribution in [-0.2, 0) is 4.79 Å². The van der Waals surface area contributed by atoms with E-state index in [4.69, 9.17) is 4.74 Å². The number of rotatable bonds is 5. The average molecular weight is 379 g/mol. The molecular weight excluding hydrogens is 358 g/mol. The lowest BCUT2D eigenvalue weighted by molar-refractivity contribution is -0.120. The molecule has 1 aliphatic rings. The van der Waals surface area contributed by atoms with Crippen LogP contribution in [0.25, 0.3) is 0 Å². The molecule has 0 bridgehead atoms. The number of anilines is 2. The van der Waals surface area contributed by atoms with Crippen molar-refractivity contribution in [2.24, 2.45) is 5.92 Å². The summed E-state index contributed by atoms with van der Waals surface area (Å²) in [4.78, 5) is 19.2. The van der Waals surface area contributed by atoms with Crippen LogP contribution in [0.5, 0.6) is 11.5 Å². The minimum absolute atomic E-state index is 0.0430. The Bertz CT molecular complexity index is 858. The van der Waals surface area contributed by atoms with Gasteiger partial charge in [-0.05, 0) is 49.2 Å². The van der Waals surface area contributed by atoms with Crippen molar-refractivity contribution >= 4 is 28.1 Å². The normalized spacial score (nSPS) is 14.7. The highest BCUT2D eigenvalue weighted by molar-refractivity contribution is 7.13. The number of carbonyl (C=O) groups excluding carboxylic acids is 1. The summed E-state index contributed by atoms with van der Waals surface area (Å²) in [5, 5.41) is 6.06. The van der Waals surface area contributed by atoms with E-state index in [2.05, 4.69) is 15.2 Å². The van der Waals surface area contributed by atoms with Gasteiger partial charge in [-0.2, -0.15) is 0 Å². The average Bonchev–Trinajstić information content (AvgIpc) is 3.25. The van der Waals surface area contributed by atoms with Crippen LogP contribution in [-0.4, -0.2) is 24.0 Å². The number of aromatic nitrogens is 1. The molecule has 0 radical (unpaired) electrons. The van der Waals surface area contributed by atoms with E-state index in [9.17, 15) is 4.79 Å². The van der Waals surface area contributed by atoms with E-state index in [0.29, 0.717) is 0 Å². The van der Waals surface area contributed by atoms with Gasteiger partial charge in [0.1, 0.15) is 11.5 Å².